The van der Waals surface area contributed by atoms with Crippen LogP contribution in [0.15, 0.2) is 72.8 Å². The first kappa shape index (κ1) is 29.6. The minimum atomic E-state index is -0.120. The van der Waals surface area contributed by atoms with Crippen LogP contribution in [-0.4, -0.2) is 74.2 Å². The molecule has 0 saturated carbocycles. The largest absolute Gasteiger partial charge is 0.378 e. The average Bonchev–Trinajstić information content (AvgIpc) is 3.04. The number of anilines is 2. The SMILES string of the molecule is CC1CCN(c2ccc(-c3cccc(CN(CCCN)C(=O)N4CCOCC4)c3)cc2NC(=O)c2ccccc2)CC1. The Morgan fingerprint density at radius 3 is 2.40 bits per heavy atom. The monoisotopic (exact) mass is 569 g/mol. The van der Waals surface area contributed by atoms with Gasteiger partial charge in [-0.2, -0.15) is 0 Å². The van der Waals surface area contributed by atoms with Crippen LogP contribution in [0.25, 0.3) is 11.1 Å². The van der Waals surface area contributed by atoms with Crippen LogP contribution in [0.5, 0.6) is 0 Å². The fourth-order valence-corrected chi connectivity index (χ4v) is 5.67. The summed E-state index contributed by atoms with van der Waals surface area (Å²) in [5.41, 5.74) is 11.4. The van der Waals surface area contributed by atoms with Gasteiger partial charge in [0, 0.05) is 44.8 Å². The Kier molecular flexibility index (Phi) is 10.1. The van der Waals surface area contributed by atoms with Gasteiger partial charge in [0.2, 0.25) is 0 Å². The van der Waals surface area contributed by atoms with Crippen molar-refractivity contribution in [3.8, 4) is 11.1 Å². The van der Waals surface area contributed by atoms with E-state index in [0.717, 1.165) is 60.4 Å². The van der Waals surface area contributed by atoms with Gasteiger partial charge in [0.15, 0.2) is 0 Å². The van der Waals surface area contributed by atoms with Crippen LogP contribution >= 0.6 is 0 Å². The number of carbonyl (C=O) groups is 2. The molecule has 0 atom stereocenters. The van der Waals surface area contributed by atoms with E-state index < -0.39 is 0 Å². The van der Waals surface area contributed by atoms with Crippen LogP contribution in [0.4, 0.5) is 16.2 Å². The normalized spacial score (nSPS) is 15.9. The number of urea groups is 1. The van der Waals surface area contributed by atoms with Crippen molar-refractivity contribution in [2.45, 2.75) is 32.7 Å². The second kappa shape index (κ2) is 14.3. The van der Waals surface area contributed by atoms with E-state index in [-0.39, 0.29) is 11.9 Å². The summed E-state index contributed by atoms with van der Waals surface area (Å²) in [4.78, 5) is 32.7. The second-order valence-electron chi connectivity index (χ2n) is 11.4. The zero-order valence-corrected chi connectivity index (χ0v) is 24.6. The first-order valence-corrected chi connectivity index (χ1v) is 15.2. The van der Waals surface area contributed by atoms with Crippen molar-refractivity contribution in [2.24, 2.45) is 11.7 Å². The Morgan fingerprint density at radius 1 is 0.929 bits per heavy atom. The fraction of sp³-hybridized carbons (Fsp3) is 0.412. The molecule has 2 heterocycles. The van der Waals surface area contributed by atoms with Crippen LogP contribution in [0.1, 0.15) is 42.1 Å². The molecular weight excluding hydrogens is 526 g/mol. The highest BCUT2D eigenvalue weighted by molar-refractivity contribution is 6.06. The van der Waals surface area contributed by atoms with Gasteiger partial charge in [0.25, 0.3) is 5.91 Å². The lowest BCUT2D eigenvalue weighted by Gasteiger charge is -2.33. The average molecular weight is 570 g/mol. The van der Waals surface area contributed by atoms with Gasteiger partial charge in [0.1, 0.15) is 0 Å². The van der Waals surface area contributed by atoms with Crippen LogP contribution in [0.2, 0.25) is 0 Å². The summed E-state index contributed by atoms with van der Waals surface area (Å²) in [5.74, 6) is 0.593. The van der Waals surface area contributed by atoms with Crippen LogP contribution < -0.4 is 16.0 Å². The van der Waals surface area contributed by atoms with Gasteiger partial charge >= 0.3 is 6.03 Å². The van der Waals surface area contributed by atoms with Gasteiger partial charge in [-0.15, -0.1) is 0 Å². The molecule has 5 rings (SSSR count). The van der Waals surface area contributed by atoms with Crippen molar-refractivity contribution in [3.63, 3.8) is 0 Å². The van der Waals surface area contributed by atoms with E-state index in [1.807, 2.05) is 46.2 Å². The topological polar surface area (TPSA) is 91.1 Å². The second-order valence-corrected chi connectivity index (χ2v) is 11.4. The number of nitrogens with two attached hydrogens (primary N) is 1. The number of hydrogen-bond donors (Lipinski definition) is 2. The molecule has 2 aliphatic heterocycles. The summed E-state index contributed by atoms with van der Waals surface area (Å²) < 4.78 is 5.44. The molecule has 3 N–H and O–H groups in total. The Bertz CT molecular complexity index is 1330. The number of nitrogens with one attached hydrogen (secondary N) is 1. The third-order valence-corrected chi connectivity index (χ3v) is 8.22. The maximum Gasteiger partial charge on any atom is 0.320 e. The van der Waals surface area contributed by atoms with Gasteiger partial charge in [0.05, 0.1) is 24.6 Å². The third-order valence-electron chi connectivity index (χ3n) is 8.22. The van der Waals surface area contributed by atoms with E-state index in [4.69, 9.17) is 10.5 Å². The van der Waals surface area contributed by atoms with Crippen LogP contribution in [0, 0.1) is 5.92 Å². The standard InChI is InChI=1S/C34H43N5O3/c1-26-13-17-37(18-14-26)32-12-11-30(24-31(32)36-33(40)28-8-3-2-4-9-28)29-10-5-7-27(23-29)25-39(16-6-15-35)34(41)38-19-21-42-22-20-38/h2-5,7-12,23-24,26H,6,13-22,25,35H2,1H3,(H,36,40). The Morgan fingerprint density at radius 2 is 1.67 bits per heavy atom. The van der Waals surface area contributed by atoms with Gasteiger partial charge in [-0.25, -0.2) is 4.79 Å². The maximum absolute atomic E-state index is 13.3. The van der Waals surface area contributed by atoms with Crippen molar-refractivity contribution in [1.29, 1.82) is 0 Å². The van der Waals surface area contributed by atoms with Crippen molar-refractivity contribution in [1.82, 2.24) is 9.80 Å². The van der Waals surface area contributed by atoms with E-state index in [1.165, 1.54) is 0 Å². The number of ether oxygens (including phenoxy) is 1. The Balaban J connectivity index is 1.40. The number of rotatable bonds is 9. The van der Waals surface area contributed by atoms with E-state index in [2.05, 4.69) is 53.5 Å². The molecule has 3 aromatic rings. The molecule has 8 heteroatoms. The number of amides is 3. The van der Waals surface area contributed by atoms with E-state index >= 15 is 0 Å². The minimum Gasteiger partial charge on any atom is -0.378 e. The number of morpholine rings is 1. The lowest BCUT2D eigenvalue weighted by Crippen LogP contribution is -2.48. The molecule has 2 saturated heterocycles. The summed E-state index contributed by atoms with van der Waals surface area (Å²) in [6, 6.07) is 24.0. The summed E-state index contributed by atoms with van der Waals surface area (Å²) in [6.07, 6.45) is 3.02. The Hall–Kier alpha value is -3.88. The molecule has 0 spiro atoms. The number of hydrogen-bond acceptors (Lipinski definition) is 5. The highest BCUT2D eigenvalue weighted by Crippen LogP contribution is 2.34. The number of benzene rings is 3. The quantitative estimate of drug-likeness (QED) is 0.358. The lowest BCUT2D eigenvalue weighted by atomic mass is 9.97. The third kappa shape index (κ3) is 7.49. The highest BCUT2D eigenvalue weighted by atomic mass is 16.5. The van der Waals surface area contributed by atoms with E-state index in [1.54, 1.807) is 0 Å². The molecule has 0 radical (unpaired) electrons. The van der Waals surface area contributed by atoms with Gasteiger partial charge in [-0.05, 0) is 78.7 Å². The predicted octanol–water partition coefficient (Wildman–Crippen LogP) is 5.45. The molecule has 2 aliphatic rings. The van der Waals surface area contributed by atoms with Crippen molar-refractivity contribution < 1.29 is 14.3 Å². The van der Waals surface area contributed by atoms with Gasteiger partial charge < -0.3 is 30.5 Å². The number of nitrogens with zero attached hydrogens (tertiary/aromatic N) is 3. The summed E-state index contributed by atoms with van der Waals surface area (Å²) in [7, 11) is 0. The zero-order valence-electron chi connectivity index (χ0n) is 24.6. The molecule has 0 bridgehead atoms. The number of carbonyl (C=O) groups excluding carboxylic acids is 2. The smallest absolute Gasteiger partial charge is 0.320 e. The van der Waals surface area contributed by atoms with Crippen molar-refractivity contribution in [3.05, 3.63) is 83.9 Å². The predicted molar refractivity (Wildman–Crippen MR) is 169 cm³/mol. The molecule has 3 aromatic carbocycles. The molecule has 0 aliphatic carbocycles. The molecule has 42 heavy (non-hydrogen) atoms. The molecule has 0 aromatic heterocycles. The first-order valence-electron chi connectivity index (χ1n) is 15.2. The molecule has 2 fully saturated rings. The van der Waals surface area contributed by atoms with Gasteiger partial charge in [-0.1, -0.05) is 49.4 Å². The van der Waals surface area contributed by atoms with E-state index in [9.17, 15) is 9.59 Å². The fourth-order valence-electron chi connectivity index (χ4n) is 5.67. The minimum absolute atomic E-state index is 0.0308. The van der Waals surface area contributed by atoms with Crippen molar-refractivity contribution in [2.75, 3.05) is 62.7 Å². The maximum atomic E-state index is 13.3. The van der Waals surface area contributed by atoms with E-state index in [0.29, 0.717) is 57.4 Å². The molecule has 3 amide bonds. The molecular formula is C34H43N5O3. The summed E-state index contributed by atoms with van der Waals surface area (Å²) >= 11 is 0. The van der Waals surface area contributed by atoms with Crippen LogP contribution in [-0.2, 0) is 11.3 Å². The summed E-state index contributed by atoms with van der Waals surface area (Å²) in [6.45, 7) is 8.25. The van der Waals surface area contributed by atoms with Crippen molar-refractivity contribution >= 4 is 23.3 Å². The lowest BCUT2D eigenvalue weighted by molar-refractivity contribution is 0.0425. The molecule has 222 valence electrons. The number of piperidine rings is 1. The summed E-state index contributed by atoms with van der Waals surface area (Å²) in [5, 5.41) is 3.21. The molecule has 8 nitrogen and oxygen atoms in total. The van der Waals surface area contributed by atoms with Gasteiger partial charge in [-0.3, -0.25) is 4.79 Å². The Labute approximate surface area is 249 Å². The molecule has 0 unspecified atom stereocenters. The van der Waals surface area contributed by atoms with Crippen LogP contribution in [0.3, 0.4) is 0 Å². The zero-order chi connectivity index (χ0) is 29.3. The first-order chi connectivity index (χ1) is 20.5. The highest BCUT2D eigenvalue weighted by Gasteiger charge is 2.23.